The average Bonchev–Trinajstić information content (AvgIpc) is 2.56. The summed E-state index contributed by atoms with van der Waals surface area (Å²) in [6.07, 6.45) is 1.14. The number of anilines is 1. The molecular weight excluding hydrogens is 392 g/mol. The Balaban J connectivity index is 1.96. The lowest BCUT2D eigenvalue weighted by atomic mass is 10.2. The van der Waals surface area contributed by atoms with Crippen LogP contribution in [0.25, 0.3) is 0 Å². The number of aryl methyl sites for hydroxylation is 1. The maximum absolute atomic E-state index is 11.8. The van der Waals surface area contributed by atoms with E-state index in [4.69, 9.17) is 0 Å². The SMILES string of the molecule is Cc1cccc(NCC(=O)N/N=C/c2cc([N+](=O)[O-])cc(Br)c2O)c1. The molecule has 0 radical (unpaired) electrons. The van der Waals surface area contributed by atoms with E-state index in [9.17, 15) is 20.0 Å². The Bertz CT molecular complexity index is 839. The molecule has 3 N–H and O–H groups in total. The largest absolute Gasteiger partial charge is 0.506 e. The predicted octanol–water partition coefficient (Wildman–Crippen LogP) is 2.93. The molecular formula is C16H15BrN4O4. The van der Waals surface area contributed by atoms with Crippen molar-refractivity contribution in [3.63, 3.8) is 0 Å². The molecule has 0 aliphatic heterocycles. The van der Waals surface area contributed by atoms with Crippen LogP contribution >= 0.6 is 15.9 Å². The van der Waals surface area contributed by atoms with Gasteiger partial charge in [-0.15, -0.1) is 0 Å². The highest BCUT2D eigenvalue weighted by Gasteiger charge is 2.13. The Hall–Kier alpha value is -2.94. The summed E-state index contributed by atoms with van der Waals surface area (Å²) >= 11 is 3.03. The topological polar surface area (TPSA) is 117 Å². The average molecular weight is 407 g/mol. The van der Waals surface area contributed by atoms with Crippen LogP contribution in [0.2, 0.25) is 0 Å². The number of rotatable bonds is 6. The lowest BCUT2D eigenvalue weighted by molar-refractivity contribution is -0.385. The summed E-state index contributed by atoms with van der Waals surface area (Å²) in [6, 6.07) is 9.88. The van der Waals surface area contributed by atoms with Gasteiger partial charge in [-0.3, -0.25) is 14.9 Å². The number of amides is 1. The summed E-state index contributed by atoms with van der Waals surface area (Å²) < 4.78 is 0.163. The van der Waals surface area contributed by atoms with E-state index < -0.39 is 10.8 Å². The summed E-state index contributed by atoms with van der Waals surface area (Å²) in [7, 11) is 0. The maximum Gasteiger partial charge on any atom is 0.271 e. The molecule has 0 aliphatic rings. The quantitative estimate of drug-likeness (QED) is 0.387. The normalized spacial score (nSPS) is 10.6. The Morgan fingerprint density at radius 2 is 2.16 bits per heavy atom. The highest BCUT2D eigenvalue weighted by atomic mass is 79.9. The number of non-ortho nitro benzene ring substituents is 1. The minimum atomic E-state index is -0.591. The first-order valence-corrected chi connectivity index (χ1v) is 7.95. The molecule has 0 saturated carbocycles. The fourth-order valence-electron chi connectivity index (χ4n) is 1.96. The lowest BCUT2D eigenvalue weighted by Crippen LogP contribution is -2.25. The fraction of sp³-hybridized carbons (Fsp3) is 0.125. The van der Waals surface area contributed by atoms with E-state index in [1.165, 1.54) is 6.07 Å². The van der Waals surface area contributed by atoms with Crippen molar-refractivity contribution in [2.45, 2.75) is 6.92 Å². The van der Waals surface area contributed by atoms with E-state index in [2.05, 4.69) is 31.8 Å². The van der Waals surface area contributed by atoms with Gasteiger partial charge in [-0.05, 0) is 40.5 Å². The molecule has 0 aliphatic carbocycles. The molecule has 2 aromatic carbocycles. The zero-order chi connectivity index (χ0) is 18.4. The van der Waals surface area contributed by atoms with Crippen molar-refractivity contribution in [1.82, 2.24) is 5.43 Å². The molecule has 0 bridgehead atoms. The van der Waals surface area contributed by atoms with Crippen molar-refractivity contribution in [3.8, 4) is 5.75 Å². The van der Waals surface area contributed by atoms with Gasteiger partial charge in [-0.1, -0.05) is 12.1 Å². The standard InChI is InChI=1S/C16H15BrN4O4/c1-10-3-2-4-12(5-10)18-9-15(22)20-19-8-11-6-13(21(24)25)7-14(17)16(11)23/h2-8,18,23H,9H2,1H3,(H,20,22)/b19-8+. The lowest BCUT2D eigenvalue weighted by Gasteiger charge is -2.06. The van der Waals surface area contributed by atoms with Crippen LogP contribution in [0.3, 0.4) is 0 Å². The van der Waals surface area contributed by atoms with Gasteiger partial charge in [0.1, 0.15) is 5.75 Å². The Kier molecular flexibility index (Phi) is 6.07. The third-order valence-electron chi connectivity index (χ3n) is 3.15. The number of aromatic hydroxyl groups is 1. The smallest absolute Gasteiger partial charge is 0.271 e. The summed E-state index contributed by atoms with van der Waals surface area (Å²) in [5.41, 5.74) is 4.05. The molecule has 0 heterocycles. The first-order chi connectivity index (χ1) is 11.9. The van der Waals surface area contributed by atoms with Gasteiger partial charge in [0, 0.05) is 23.4 Å². The van der Waals surface area contributed by atoms with Crippen molar-refractivity contribution in [1.29, 1.82) is 0 Å². The number of hydrogen-bond donors (Lipinski definition) is 3. The number of carbonyl (C=O) groups excluding carboxylic acids is 1. The van der Waals surface area contributed by atoms with Crippen LogP contribution in [0.1, 0.15) is 11.1 Å². The summed E-state index contributed by atoms with van der Waals surface area (Å²) in [5.74, 6) is -0.608. The van der Waals surface area contributed by atoms with Crippen LogP contribution in [0.15, 0.2) is 46.0 Å². The van der Waals surface area contributed by atoms with Gasteiger partial charge in [-0.2, -0.15) is 5.10 Å². The second-order valence-electron chi connectivity index (χ2n) is 5.14. The van der Waals surface area contributed by atoms with E-state index in [0.29, 0.717) is 0 Å². The highest BCUT2D eigenvalue weighted by molar-refractivity contribution is 9.10. The number of phenolic OH excluding ortho intramolecular Hbond substituents is 1. The first kappa shape index (κ1) is 18.4. The Morgan fingerprint density at radius 1 is 1.40 bits per heavy atom. The fourth-order valence-corrected chi connectivity index (χ4v) is 2.42. The molecule has 2 rings (SSSR count). The van der Waals surface area contributed by atoms with Crippen molar-refractivity contribution >= 4 is 39.4 Å². The summed E-state index contributed by atoms with van der Waals surface area (Å²) in [4.78, 5) is 22.0. The Morgan fingerprint density at radius 3 is 2.84 bits per heavy atom. The van der Waals surface area contributed by atoms with Gasteiger partial charge in [-0.25, -0.2) is 5.43 Å². The second kappa shape index (κ2) is 8.25. The highest BCUT2D eigenvalue weighted by Crippen LogP contribution is 2.31. The zero-order valence-corrected chi connectivity index (χ0v) is 14.8. The number of nitrogens with one attached hydrogen (secondary N) is 2. The monoisotopic (exact) mass is 406 g/mol. The molecule has 130 valence electrons. The number of benzene rings is 2. The number of nitrogens with zero attached hydrogens (tertiary/aromatic N) is 2. The van der Waals surface area contributed by atoms with Crippen LogP contribution < -0.4 is 10.7 Å². The summed E-state index contributed by atoms with van der Waals surface area (Å²) in [5, 5.41) is 27.3. The molecule has 0 aromatic heterocycles. The van der Waals surface area contributed by atoms with Gasteiger partial charge in [0.25, 0.3) is 11.6 Å². The van der Waals surface area contributed by atoms with Crippen LogP contribution in [-0.2, 0) is 4.79 Å². The number of carbonyl (C=O) groups is 1. The minimum absolute atomic E-state index is 0.00536. The van der Waals surface area contributed by atoms with E-state index >= 15 is 0 Å². The maximum atomic E-state index is 11.8. The van der Waals surface area contributed by atoms with Gasteiger partial charge in [0.2, 0.25) is 0 Å². The minimum Gasteiger partial charge on any atom is -0.506 e. The van der Waals surface area contributed by atoms with Crippen molar-refractivity contribution in [2.24, 2.45) is 5.10 Å². The van der Waals surface area contributed by atoms with Crippen LogP contribution in [0.4, 0.5) is 11.4 Å². The number of nitro benzene ring substituents is 1. The predicted molar refractivity (Wildman–Crippen MR) is 97.9 cm³/mol. The third kappa shape index (κ3) is 5.28. The number of phenols is 1. The van der Waals surface area contributed by atoms with Gasteiger partial charge in [0.15, 0.2) is 0 Å². The first-order valence-electron chi connectivity index (χ1n) is 7.16. The van der Waals surface area contributed by atoms with Gasteiger partial charge < -0.3 is 10.4 Å². The van der Waals surface area contributed by atoms with Crippen LogP contribution in [0, 0.1) is 17.0 Å². The number of halogens is 1. The number of hydrogen-bond acceptors (Lipinski definition) is 6. The van der Waals surface area contributed by atoms with Crippen LogP contribution in [0.5, 0.6) is 5.75 Å². The molecule has 0 fully saturated rings. The zero-order valence-electron chi connectivity index (χ0n) is 13.2. The van der Waals surface area contributed by atoms with E-state index in [0.717, 1.165) is 23.5 Å². The van der Waals surface area contributed by atoms with Gasteiger partial charge >= 0.3 is 0 Å². The molecule has 9 heteroatoms. The van der Waals surface area contributed by atoms with Crippen molar-refractivity contribution < 1.29 is 14.8 Å². The van der Waals surface area contributed by atoms with E-state index in [1.54, 1.807) is 0 Å². The Labute approximate surface area is 151 Å². The summed E-state index contributed by atoms with van der Waals surface area (Å²) in [6.45, 7) is 1.95. The van der Waals surface area contributed by atoms with Crippen molar-refractivity contribution in [3.05, 3.63) is 62.1 Å². The molecule has 0 saturated heterocycles. The van der Waals surface area contributed by atoms with Crippen LogP contribution in [-0.4, -0.2) is 28.7 Å². The van der Waals surface area contributed by atoms with E-state index in [1.807, 2.05) is 31.2 Å². The molecule has 0 spiro atoms. The third-order valence-corrected chi connectivity index (χ3v) is 3.76. The van der Waals surface area contributed by atoms with E-state index in [-0.39, 0.29) is 28.0 Å². The molecule has 1 amide bonds. The molecule has 0 unspecified atom stereocenters. The molecule has 8 nitrogen and oxygen atoms in total. The number of hydrazone groups is 1. The second-order valence-corrected chi connectivity index (χ2v) is 5.99. The van der Waals surface area contributed by atoms with Crippen molar-refractivity contribution in [2.75, 3.05) is 11.9 Å². The number of nitro groups is 1. The molecule has 2 aromatic rings. The molecule has 25 heavy (non-hydrogen) atoms. The van der Waals surface area contributed by atoms with Gasteiger partial charge in [0.05, 0.1) is 22.2 Å². The molecule has 0 atom stereocenters.